The molecule has 0 spiro atoms. The molecule has 0 N–H and O–H groups in total. The van der Waals surface area contributed by atoms with E-state index in [4.69, 9.17) is 18.9 Å². The number of imide groups is 1. The third-order valence-electron chi connectivity index (χ3n) is 3.54. The van der Waals surface area contributed by atoms with Crippen LogP contribution in [0.15, 0.2) is 0 Å². The maximum Gasteiger partial charge on any atom is 0.373 e. The van der Waals surface area contributed by atoms with E-state index in [1.165, 1.54) is 20.8 Å². The van der Waals surface area contributed by atoms with Gasteiger partial charge in [0.25, 0.3) is 11.8 Å². The molecule has 1 fully saturated rings. The number of carbonyl (C=O) groups excluding carboxylic acids is 7. The molecular weight excluding hydrogens is 434 g/mol. The summed E-state index contributed by atoms with van der Waals surface area (Å²) in [5.74, 6) is -7.47. The fourth-order valence-corrected chi connectivity index (χ4v) is 2.30. The van der Waals surface area contributed by atoms with Crippen molar-refractivity contribution in [3.63, 3.8) is 0 Å². The zero-order valence-electron chi connectivity index (χ0n) is 18.5. The van der Waals surface area contributed by atoms with E-state index in [0.717, 1.165) is 20.8 Å². The summed E-state index contributed by atoms with van der Waals surface area (Å²) < 4.78 is 19.6. The lowest BCUT2D eigenvalue weighted by Gasteiger charge is -2.27. The van der Waals surface area contributed by atoms with Crippen LogP contribution in [0.1, 0.15) is 54.4 Å². The Morgan fingerprint density at radius 3 is 1.62 bits per heavy atom. The molecular formula is C19H25NO12. The molecule has 178 valence electrons. The van der Waals surface area contributed by atoms with Crippen molar-refractivity contribution in [3.8, 4) is 0 Å². The van der Waals surface area contributed by atoms with Crippen LogP contribution >= 0.6 is 0 Å². The van der Waals surface area contributed by atoms with Crippen LogP contribution in [0.3, 0.4) is 0 Å². The summed E-state index contributed by atoms with van der Waals surface area (Å²) in [6.45, 7) is 7.43. The van der Waals surface area contributed by atoms with Crippen molar-refractivity contribution in [1.82, 2.24) is 5.06 Å². The molecule has 1 rings (SSSR count). The first-order chi connectivity index (χ1) is 14.6. The summed E-state index contributed by atoms with van der Waals surface area (Å²) in [6, 6.07) is 0. The standard InChI is InChI=1S/C19H25NO12/c1-9(16(25)32-20-12(23)7-8-13(20)24)28-17(26)14(29-10(2)21)15(30-11(3)22)18(27)31-19(4,5)6/h9,14-15H,7-8H2,1-6H3/t9-,14+,15+/m0/s1. The van der Waals surface area contributed by atoms with E-state index >= 15 is 0 Å². The first-order valence-electron chi connectivity index (χ1n) is 9.47. The fourth-order valence-electron chi connectivity index (χ4n) is 2.30. The van der Waals surface area contributed by atoms with Gasteiger partial charge in [0, 0.05) is 26.7 Å². The number of carbonyl (C=O) groups is 7. The van der Waals surface area contributed by atoms with E-state index in [-0.39, 0.29) is 17.9 Å². The molecule has 0 aromatic heterocycles. The number of nitrogens with zero attached hydrogens (tertiary/aromatic N) is 1. The highest BCUT2D eigenvalue weighted by Gasteiger charge is 2.44. The zero-order chi connectivity index (χ0) is 24.8. The fraction of sp³-hybridized carbons (Fsp3) is 0.632. The van der Waals surface area contributed by atoms with Gasteiger partial charge < -0.3 is 23.8 Å². The average molecular weight is 459 g/mol. The van der Waals surface area contributed by atoms with Gasteiger partial charge in [-0.25, -0.2) is 14.4 Å². The van der Waals surface area contributed by atoms with Gasteiger partial charge in [-0.15, -0.1) is 5.06 Å². The van der Waals surface area contributed by atoms with Gasteiger partial charge in [-0.05, 0) is 27.7 Å². The maximum absolute atomic E-state index is 12.6. The Morgan fingerprint density at radius 2 is 1.22 bits per heavy atom. The Labute approximate surface area is 183 Å². The molecule has 1 heterocycles. The lowest BCUT2D eigenvalue weighted by atomic mass is 10.1. The van der Waals surface area contributed by atoms with Gasteiger partial charge in [0.1, 0.15) is 5.60 Å². The SMILES string of the molecule is CC(=O)O[C@@H](C(=O)O[C@@H](C)C(=O)ON1C(=O)CCC1=O)[C@@H](OC(C)=O)C(=O)OC(C)(C)C. The highest BCUT2D eigenvalue weighted by atomic mass is 16.7. The number of hydrogen-bond donors (Lipinski definition) is 0. The number of ether oxygens (including phenoxy) is 4. The number of hydroxylamine groups is 2. The van der Waals surface area contributed by atoms with Crippen LogP contribution in [0.25, 0.3) is 0 Å². The van der Waals surface area contributed by atoms with E-state index in [0.29, 0.717) is 0 Å². The Kier molecular flexibility index (Phi) is 8.86. The summed E-state index contributed by atoms with van der Waals surface area (Å²) >= 11 is 0. The molecule has 0 radical (unpaired) electrons. The number of hydrogen-bond acceptors (Lipinski definition) is 12. The van der Waals surface area contributed by atoms with Gasteiger partial charge in [-0.1, -0.05) is 0 Å². The van der Waals surface area contributed by atoms with Crippen molar-refractivity contribution in [1.29, 1.82) is 0 Å². The van der Waals surface area contributed by atoms with E-state index in [1.54, 1.807) is 0 Å². The van der Waals surface area contributed by atoms with Gasteiger partial charge in [0.2, 0.25) is 12.2 Å². The lowest BCUT2D eigenvalue weighted by molar-refractivity contribution is -0.209. The van der Waals surface area contributed by atoms with Gasteiger partial charge in [0.15, 0.2) is 6.10 Å². The van der Waals surface area contributed by atoms with Crippen LogP contribution in [0.5, 0.6) is 0 Å². The predicted molar refractivity (Wildman–Crippen MR) is 99.7 cm³/mol. The maximum atomic E-state index is 12.6. The normalized spacial score (nSPS) is 16.5. The van der Waals surface area contributed by atoms with Crippen molar-refractivity contribution in [3.05, 3.63) is 0 Å². The Hall–Kier alpha value is -3.51. The van der Waals surface area contributed by atoms with E-state index in [2.05, 4.69) is 4.84 Å². The van der Waals surface area contributed by atoms with Crippen LogP contribution in [0, 0.1) is 0 Å². The molecule has 13 nitrogen and oxygen atoms in total. The smallest absolute Gasteiger partial charge is 0.373 e. The summed E-state index contributed by atoms with van der Waals surface area (Å²) in [5, 5.41) is 0.249. The van der Waals surface area contributed by atoms with Crippen molar-refractivity contribution in [2.45, 2.75) is 78.3 Å². The van der Waals surface area contributed by atoms with Crippen LogP contribution in [0.4, 0.5) is 0 Å². The number of amides is 2. The van der Waals surface area contributed by atoms with Crippen LogP contribution < -0.4 is 0 Å². The topological polar surface area (TPSA) is 169 Å². The molecule has 3 atom stereocenters. The minimum atomic E-state index is -2.11. The average Bonchev–Trinajstić information content (AvgIpc) is 2.94. The third kappa shape index (κ3) is 7.96. The second kappa shape index (κ2) is 10.7. The highest BCUT2D eigenvalue weighted by molar-refractivity contribution is 6.01. The quantitative estimate of drug-likeness (QED) is 0.265. The molecule has 13 heteroatoms. The number of esters is 4. The zero-order valence-corrected chi connectivity index (χ0v) is 18.5. The molecule has 0 aromatic rings. The van der Waals surface area contributed by atoms with Crippen molar-refractivity contribution in [2.24, 2.45) is 0 Å². The molecule has 0 unspecified atom stereocenters. The van der Waals surface area contributed by atoms with Gasteiger partial charge in [-0.3, -0.25) is 19.2 Å². The lowest BCUT2D eigenvalue weighted by Crippen LogP contribution is -2.49. The molecule has 0 aliphatic carbocycles. The van der Waals surface area contributed by atoms with Crippen molar-refractivity contribution >= 4 is 41.7 Å². The molecule has 1 saturated heterocycles. The molecule has 0 bridgehead atoms. The largest absolute Gasteiger partial charge is 0.457 e. The summed E-state index contributed by atoms with van der Waals surface area (Å²) in [7, 11) is 0. The molecule has 1 aliphatic rings. The summed E-state index contributed by atoms with van der Waals surface area (Å²) in [6.07, 6.45) is -6.13. The highest BCUT2D eigenvalue weighted by Crippen LogP contribution is 2.17. The predicted octanol–water partition coefficient (Wildman–Crippen LogP) is -0.270. The van der Waals surface area contributed by atoms with Gasteiger partial charge in [0.05, 0.1) is 0 Å². The molecule has 2 amide bonds. The summed E-state index contributed by atoms with van der Waals surface area (Å²) in [4.78, 5) is 87.8. The van der Waals surface area contributed by atoms with E-state index in [9.17, 15) is 33.6 Å². The second-order valence-corrected chi connectivity index (χ2v) is 7.66. The minimum Gasteiger partial charge on any atom is -0.457 e. The Bertz CT molecular complexity index is 796. The number of rotatable bonds is 8. The van der Waals surface area contributed by atoms with Gasteiger partial charge in [-0.2, -0.15) is 0 Å². The van der Waals surface area contributed by atoms with Crippen molar-refractivity contribution < 1.29 is 57.3 Å². The first kappa shape index (κ1) is 26.5. The van der Waals surface area contributed by atoms with E-state index in [1.807, 2.05) is 0 Å². The van der Waals surface area contributed by atoms with E-state index < -0.39 is 65.6 Å². The van der Waals surface area contributed by atoms with Crippen LogP contribution in [-0.4, -0.2) is 70.6 Å². The molecule has 0 saturated carbocycles. The Morgan fingerprint density at radius 1 is 0.781 bits per heavy atom. The molecule has 32 heavy (non-hydrogen) atoms. The molecule has 1 aliphatic heterocycles. The van der Waals surface area contributed by atoms with Crippen LogP contribution in [-0.2, 0) is 57.3 Å². The monoisotopic (exact) mass is 459 g/mol. The third-order valence-corrected chi connectivity index (χ3v) is 3.54. The van der Waals surface area contributed by atoms with Crippen molar-refractivity contribution in [2.75, 3.05) is 0 Å². The van der Waals surface area contributed by atoms with Gasteiger partial charge >= 0.3 is 29.8 Å². The van der Waals surface area contributed by atoms with Crippen LogP contribution in [0.2, 0.25) is 0 Å². The first-order valence-corrected chi connectivity index (χ1v) is 9.47. The minimum absolute atomic E-state index is 0.144. The molecule has 0 aromatic carbocycles. The summed E-state index contributed by atoms with van der Waals surface area (Å²) in [5.41, 5.74) is -1.05. The second-order valence-electron chi connectivity index (χ2n) is 7.66. The Balaban J connectivity index is 3.02.